The van der Waals surface area contributed by atoms with E-state index in [4.69, 9.17) is 4.74 Å². The van der Waals surface area contributed by atoms with E-state index >= 15 is 0 Å². The Morgan fingerprint density at radius 3 is 2.37 bits per heavy atom. The largest absolute Gasteiger partial charge is 0.481 e. The van der Waals surface area contributed by atoms with E-state index in [1.807, 2.05) is 6.92 Å². The number of nitrogens with zero attached hydrogens (tertiary/aromatic N) is 2. The quantitative estimate of drug-likeness (QED) is 0.328. The summed E-state index contributed by atoms with van der Waals surface area (Å²) < 4.78 is 5.19. The Hall–Kier alpha value is -2.83. The number of ether oxygens (including phenoxy) is 1. The number of fused-ring (bicyclic) bond motifs is 1. The Bertz CT molecular complexity index is 997. The fraction of sp³-hybridized carbons (Fsp3) is 0.727. The van der Waals surface area contributed by atoms with Crippen LogP contribution in [0.25, 0.3) is 0 Å². The van der Waals surface area contributed by atoms with Gasteiger partial charge in [-0.25, -0.2) is 9.59 Å². The number of carbonyl (C=O) groups is 4. The fourth-order valence-electron chi connectivity index (χ4n) is 5.96. The molecule has 0 spiro atoms. The molecule has 0 radical (unpaired) electrons. The van der Waals surface area contributed by atoms with Gasteiger partial charge in [0.1, 0.15) is 23.5 Å². The molecular formula is C22H33N5O7S. The molecule has 1 aromatic heterocycles. The molecule has 0 aromatic carbocycles. The lowest BCUT2D eigenvalue weighted by molar-refractivity contribution is -0.156. The van der Waals surface area contributed by atoms with Gasteiger partial charge in [-0.15, -0.1) is 10.2 Å². The van der Waals surface area contributed by atoms with Crippen LogP contribution in [0.1, 0.15) is 54.4 Å². The number of nitrogens with one attached hydrogen (secondary N) is 3. The number of carboxylic acid groups (broad SMARTS) is 2. The Kier molecular flexibility index (Phi) is 7.13. The molecule has 2 amide bonds. The lowest BCUT2D eigenvalue weighted by Gasteiger charge is -2.42. The maximum absolute atomic E-state index is 13.3. The Morgan fingerprint density at radius 2 is 1.91 bits per heavy atom. The van der Waals surface area contributed by atoms with Crippen LogP contribution in [0.15, 0.2) is 11.5 Å². The predicted octanol–water partition coefficient (Wildman–Crippen LogP) is 1.89. The zero-order valence-electron chi connectivity index (χ0n) is 20.6. The van der Waals surface area contributed by atoms with Gasteiger partial charge < -0.3 is 30.6 Å². The number of H-pyrrole nitrogens is 1. The maximum atomic E-state index is 13.3. The van der Waals surface area contributed by atoms with Crippen LogP contribution >= 0.6 is 11.8 Å². The molecule has 0 aliphatic heterocycles. The molecule has 2 fully saturated rings. The smallest absolute Gasteiger partial charge is 0.408 e. The van der Waals surface area contributed by atoms with Crippen LogP contribution in [0, 0.1) is 23.2 Å². The summed E-state index contributed by atoms with van der Waals surface area (Å²) in [4.78, 5) is 53.6. The number of hydrogen-bond donors (Lipinski definition) is 5. The molecule has 2 aliphatic rings. The van der Waals surface area contributed by atoms with Crippen molar-refractivity contribution >= 4 is 35.7 Å². The van der Waals surface area contributed by atoms with Gasteiger partial charge >= 0.3 is 18.0 Å². The molecule has 0 bridgehead atoms. The van der Waals surface area contributed by atoms with Crippen LogP contribution in [0.5, 0.6) is 0 Å². The number of amides is 2. The molecule has 2 saturated carbocycles. The molecule has 2 aliphatic carbocycles. The van der Waals surface area contributed by atoms with Crippen molar-refractivity contribution in [3.05, 3.63) is 6.33 Å². The summed E-state index contributed by atoms with van der Waals surface area (Å²) in [6.07, 6.45) is 1.18. The molecule has 1 heterocycles. The van der Waals surface area contributed by atoms with Crippen molar-refractivity contribution in [2.75, 3.05) is 0 Å². The Morgan fingerprint density at radius 1 is 1.26 bits per heavy atom. The number of hydrogen-bond acceptors (Lipinski definition) is 8. The van der Waals surface area contributed by atoms with Crippen molar-refractivity contribution in [1.82, 2.24) is 25.8 Å². The third kappa shape index (κ3) is 4.34. The molecule has 5 N–H and O–H groups in total. The van der Waals surface area contributed by atoms with Crippen LogP contribution in [-0.2, 0) is 19.1 Å². The molecule has 12 nitrogen and oxygen atoms in total. The van der Waals surface area contributed by atoms with Crippen LogP contribution in [0.4, 0.5) is 4.79 Å². The highest BCUT2D eigenvalue weighted by atomic mass is 32.2. The van der Waals surface area contributed by atoms with Gasteiger partial charge in [-0.05, 0) is 46.5 Å². The zero-order chi connectivity index (χ0) is 26.3. The predicted molar refractivity (Wildman–Crippen MR) is 124 cm³/mol. The zero-order valence-corrected chi connectivity index (χ0v) is 21.4. The highest BCUT2D eigenvalue weighted by Gasteiger charge is 2.87. The second-order valence-corrected chi connectivity index (χ2v) is 11.3. The van der Waals surface area contributed by atoms with Crippen molar-refractivity contribution in [2.24, 2.45) is 23.2 Å². The van der Waals surface area contributed by atoms with Crippen molar-refractivity contribution < 1.29 is 34.1 Å². The first-order valence-electron chi connectivity index (χ1n) is 11.6. The van der Waals surface area contributed by atoms with Crippen LogP contribution in [0.3, 0.4) is 0 Å². The van der Waals surface area contributed by atoms with Crippen molar-refractivity contribution in [1.29, 1.82) is 0 Å². The average molecular weight is 512 g/mol. The molecule has 194 valence electrons. The van der Waals surface area contributed by atoms with Crippen LogP contribution < -0.4 is 10.6 Å². The van der Waals surface area contributed by atoms with Crippen molar-refractivity contribution in [2.45, 2.75) is 82.0 Å². The SMILES string of the molecule is CCC1[C@@H](Sc2nnc[nH]2)[C@@H]2[C@@H](C(=O)O)[C@@]2(CC)[C@]1(NC(=O)C(C)NC(=O)OC(C)(C)C)C(=O)O. The first kappa shape index (κ1) is 26.8. The monoisotopic (exact) mass is 511 g/mol. The second-order valence-electron chi connectivity index (χ2n) is 10.1. The van der Waals surface area contributed by atoms with Gasteiger partial charge in [-0.2, -0.15) is 0 Å². The lowest BCUT2D eigenvalue weighted by Crippen LogP contribution is -2.67. The van der Waals surface area contributed by atoms with E-state index in [0.29, 0.717) is 11.6 Å². The van der Waals surface area contributed by atoms with E-state index in [9.17, 15) is 29.4 Å². The minimum absolute atomic E-state index is 0.235. The molecule has 3 rings (SSSR count). The van der Waals surface area contributed by atoms with Gasteiger partial charge in [0.05, 0.1) is 5.92 Å². The number of carbonyl (C=O) groups excluding carboxylic acids is 2. The molecule has 2 unspecified atom stereocenters. The number of aromatic nitrogens is 3. The van der Waals surface area contributed by atoms with Gasteiger partial charge in [0.2, 0.25) is 5.91 Å². The summed E-state index contributed by atoms with van der Waals surface area (Å²) >= 11 is 1.25. The van der Waals surface area contributed by atoms with Gasteiger partial charge in [-0.1, -0.05) is 25.6 Å². The van der Waals surface area contributed by atoms with E-state index in [2.05, 4.69) is 25.8 Å². The van der Waals surface area contributed by atoms with Crippen molar-refractivity contribution in [3.63, 3.8) is 0 Å². The number of rotatable bonds is 9. The molecule has 13 heteroatoms. The minimum Gasteiger partial charge on any atom is -0.481 e. The summed E-state index contributed by atoms with van der Waals surface area (Å²) in [7, 11) is 0. The molecule has 1 aromatic rings. The summed E-state index contributed by atoms with van der Waals surface area (Å²) in [5.74, 6) is -5.19. The van der Waals surface area contributed by atoms with Gasteiger partial charge in [0.25, 0.3) is 0 Å². The lowest BCUT2D eigenvalue weighted by atomic mass is 9.70. The van der Waals surface area contributed by atoms with Gasteiger partial charge in [0.15, 0.2) is 5.16 Å². The first-order valence-corrected chi connectivity index (χ1v) is 12.4. The average Bonchev–Trinajstić information content (AvgIpc) is 3.03. The number of alkyl carbamates (subject to hydrolysis) is 1. The van der Waals surface area contributed by atoms with E-state index < -0.39 is 69.5 Å². The highest BCUT2D eigenvalue weighted by Crippen LogP contribution is 2.78. The number of carboxylic acids is 2. The van der Waals surface area contributed by atoms with Crippen LogP contribution in [0.2, 0.25) is 0 Å². The number of thioether (sulfide) groups is 1. The van der Waals surface area contributed by atoms with Gasteiger partial charge in [-0.3, -0.25) is 9.59 Å². The summed E-state index contributed by atoms with van der Waals surface area (Å²) in [5, 5.41) is 33.5. The third-order valence-electron chi connectivity index (χ3n) is 7.16. The van der Waals surface area contributed by atoms with E-state index in [0.717, 1.165) is 0 Å². The molecule has 7 atom stereocenters. The highest BCUT2D eigenvalue weighted by molar-refractivity contribution is 7.99. The van der Waals surface area contributed by atoms with E-state index in [1.165, 1.54) is 25.0 Å². The Balaban J connectivity index is 1.98. The topological polar surface area (TPSA) is 184 Å². The van der Waals surface area contributed by atoms with E-state index in [-0.39, 0.29) is 6.42 Å². The van der Waals surface area contributed by atoms with Crippen molar-refractivity contribution in [3.8, 4) is 0 Å². The Labute approximate surface area is 207 Å². The van der Waals surface area contributed by atoms with E-state index in [1.54, 1.807) is 27.7 Å². The summed E-state index contributed by atoms with van der Waals surface area (Å²) in [6.45, 7) is 10.0. The first-order chi connectivity index (χ1) is 16.3. The fourth-order valence-corrected chi connectivity index (χ4v) is 7.54. The normalized spacial score (nSPS) is 32.3. The third-order valence-corrected chi connectivity index (χ3v) is 8.47. The number of aromatic amines is 1. The molecular weight excluding hydrogens is 478 g/mol. The standard InChI is InChI=1S/C22H33N5O7S/c1-7-11-14(35-18-23-9-24-27-18)12-13(16(29)30)21(12,8-2)22(11,17(31)32)26-15(28)10(3)25-19(33)34-20(4,5)6/h9-14H,7-8H2,1-6H3,(H,25,33)(H,26,28)(H,29,30)(H,31,32)(H,23,24,27)/t10?,11?,12-,13-,14+,21-,22+/m0/s1. The second kappa shape index (κ2) is 9.32. The van der Waals surface area contributed by atoms with Gasteiger partial charge in [0, 0.05) is 16.6 Å². The molecule has 35 heavy (non-hydrogen) atoms. The molecule has 0 saturated heterocycles. The minimum atomic E-state index is -1.86. The summed E-state index contributed by atoms with van der Waals surface area (Å²) in [5.41, 5.74) is -3.85. The maximum Gasteiger partial charge on any atom is 0.408 e. The number of aliphatic carboxylic acids is 2. The summed E-state index contributed by atoms with van der Waals surface area (Å²) in [6, 6.07) is -1.12. The van der Waals surface area contributed by atoms with Crippen LogP contribution in [-0.4, -0.2) is 71.8 Å².